The van der Waals surface area contributed by atoms with Crippen LogP contribution in [0.15, 0.2) is 0 Å². The summed E-state index contributed by atoms with van der Waals surface area (Å²) < 4.78 is 9.33. The number of carbonyl (C=O) groups is 1. The highest BCUT2D eigenvalue weighted by molar-refractivity contribution is 7.11. The normalized spacial score (nSPS) is 16.7. The number of ether oxygens (including phenoxy) is 1. The Morgan fingerprint density at radius 2 is 2.22 bits per heavy atom. The lowest BCUT2D eigenvalue weighted by atomic mass is 10.00. The average Bonchev–Trinajstić information content (AvgIpc) is 2.72. The van der Waals surface area contributed by atoms with Crippen LogP contribution in [0.25, 0.3) is 0 Å². The van der Waals surface area contributed by atoms with Gasteiger partial charge in [-0.05, 0) is 30.3 Å². The van der Waals surface area contributed by atoms with Gasteiger partial charge >= 0.3 is 0 Å². The topological polar surface area (TPSA) is 94.5 Å². The predicted molar refractivity (Wildman–Crippen MR) is 71.9 cm³/mol. The molecule has 4 N–H and O–H groups in total. The van der Waals surface area contributed by atoms with Gasteiger partial charge in [0, 0.05) is 26.8 Å². The summed E-state index contributed by atoms with van der Waals surface area (Å²) in [6.45, 7) is 2.49. The molecule has 0 aliphatic carbocycles. The summed E-state index contributed by atoms with van der Waals surface area (Å²) in [7, 11) is 1.94. The summed E-state index contributed by atoms with van der Waals surface area (Å²) in [6.07, 6.45) is 2.09. The molecule has 0 atom stereocenters. The lowest BCUT2D eigenvalue weighted by molar-refractivity contribution is 0.0685. The van der Waals surface area contributed by atoms with E-state index in [4.69, 9.17) is 16.2 Å². The van der Waals surface area contributed by atoms with Gasteiger partial charge in [-0.3, -0.25) is 4.79 Å². The largest absolute Gasteiger partial charge is 0.382 e. The van der Waals surface area contributed by atoms with Crippen LogP contribution in [0.4, 0.5) is 10.8 Å². The van der Waals surface area contributed by atoms with Crippen molar-refractivity contribution in [3.8, 4) is 0 Å². The molecule has 100 valence electrons. The van der Waals surface area contributed by atoms with Gasteiger partial charge in [-0.1, -0.05) is 0 Å². The Morgan fingerprint density at radius 1 is 1.56 bits per heavy atom. The van der Waals surface area contributed by atoms with Gasteiger partial charge in [0.05, 0.1) is 0 Å². The zero-order chi connectivity index (χ0) is 13.1. The van der Waals surface area contributed by atoms with Crippen LogP contribution in [-0.4, -0.2) is 37.1 Å². The molecule has 2 rings (SSSR count). The second-order valence-electron chi connectivity index (χ2n) is 4.55. The lowest BCUT2D eigenvalue weighted by Gasteiger charge is -2.27. The maximum Gasteiger partial charge on any atom is 0.255 e. The van der Waals surface area contributed by atoms with Crippen LogP contribution in [0.3, 0.4) is 0 Å². The molecule has 1 saturated heterocycles. The van der Waals surface area contributed by atoms with E-state index in [1.54, 1.807) is 0 Å². The van der Waals surface area contributed by atoms with Crippen molar-refractivity contribution in [2.75, 3.05) is 37.4 Å². The fourth-order valence-electron chi connectivity index (χ4n) is 2.18. The molecule has 1 fully saturated rings. The van der Waals surface area contributed by atoms with Crippen molar-refractivity contribution in [2.24, 2.45) is 11.7 Å². The molecular formula is C11H18N4O2S. The number of aromatic nitrogens is 1. The molecule has 18 heavy (non-hydrogen) atoms. The highest BCUT2D eigenvalue weighted by Gasteiger charge is 2.22. The Kier molecular flexibility index (Phi) is 4.03. The zero-order valence-electron chi connectivity index (χ0n) is 10.4. The standard InChI is InChI=1S/C11H18N4O2S/c1-15(6-7-2-4-17-5-3-7)11-8(10(13)16)9(12)14-18-11/h7H,2-6H2,1H3,(H2,12,14)(H2,13,16). The van der Waals surface area contributed by atoms with Crippen LogP contribution in [0, 0.1) is 5.92 Å². The van der Waals surface area contributed by atoms with Crippen molar-refractivity contribution < 1.29 is 9.53 Å². The molecule has 0 bridgehead atoms. The first-order valence-electron chi connectivity index (χ1n) is 5.93. The van der Waals surface area contributed by atoms with E-state index in [2.05, 4.69) is 4.37 Å². The van der Waals surface area contributed by atoms with Crippen molar-refractivity contribution in [1.82, 2.24) is 4.37 Å². The van der Waals surface area contributed by atoms with Crippen molar-refractivity contribution >= 4 is 28.3 Å². The number of rotatable bonds is 4. The molecule has 7 heteroatoms. The van der Waals surface area contributed by atoms with E-state index in [-0.39, 0.29) is 5.82 Å². The molecule has 1 aliphatic rings. The molecule has 1 aliphatic heterocycles. The van der Waals surface area contributed by atoms with Gasteiger partial charge in [-0.25, -0.2) is 0 Å². The van der Waals surface area contributed by atoms with Crippen LogP contribution in [0.5, 0.6) is 0 Å². The Morgan fingerprint density at radius 3 is 2.83 bits per heavy atom. The molecule has 0 aromatic carbocycles. The smallest absolute Gasteiger partial charge is 0.255 e. The van der Waals surface area contributed by atoms with Crippen LogP contribution >= 0.6 is 11.5 Å². The molecule has 0 saturated carbocycles. The van der Waals surface area contributed by atoms with Crippen molar-refractivity contribution in [3.63, 3.8) is 0 Å². The van der Waals surface area contributed by atoms with E-state index in [0.717, 1.165) is 37.6 Å². The monoisotopic (exact) mass is 270 g/mol. The summed E-state index contributed by atoms with van der Waals surface area (Å²) in [6, 6.07) is 0. The minimum absolute atomic E-state index is 0.223. The summed E-state index contributed by atoms with van der Waals surface area (Å²) >= 11 is 1.22. The quantitative estimate of drug-likeness (QED) is 0.839. The van der Waals surface area contributed by atoms with E-state index in [9.17, 15) is 4.79 Å². The molecule has 0 unspecified atom stereocenters. The van der Waals surface area contributed by atoms with Crippen molar-refractivity contribution in [3.05, 3.63) is 5.56 Å². The van der Waals surface area contributed by atoms with Crippen molar-refractivity contribution in [1.29, 1.82) is 0 Å². The molecule has 6 nitrogen and oxygen atoms in total. The average molecular weight is 270 g/mol. The van der Waals surface area contributed by atoms with E-state index < -0.39 is 5.91 Å². The second-order valence-corrected chi connectivity index (χ2v) is 5.30. The van der Waals surface area contributed by atoms with Gasteiger partial charge in [0.15, 0.2) is 5.82 Å². The fraction of sp³-hybridized carbons (Fsp3) is 0.636. The Labute approximate surface area is 110 Å². The first-order chi connectivity index (χ1) is 8.59. The Balaban J connectivity index is 2.08. The van der Waals surface area contributed by atoms with E-state index in [0.29, 0.717) is 11.5 Å². The van der Waals surface area contributed by atoms with Gasteiger partial charge in [-0.15, -0.1) is 0 Å². The van der Waals surface area contributed by atoms with Gasteiger partial charge in [0.25, 0.3) is 5.91 Å². The number of nitrogens with zero attached hydrogens (tertiary/aromatic N) is 2. The summed E-state index contributed by atoms with van der Waals surface area (Å²) in [4.78, 5) is 13.4. The zero-order valence-corrected chi connectivity index (χ0v) is 11.2. The maximum atomic E-state index is 11.4. The molecule has 0 spiro atoms. The predicted octanol–water partition coefficient (Wildman–Crippen LogP) is 0.687. The Hall–Kier alpha value is -1.34. The Bertz CT molecular complexity index is 429. The maximum absolute atomic E-state index is 11.4. The number of hydrogen-bond donors (Lipinski definition) is 2. The highest BCUT2D eigenvalue weighted by atomic mass is 32.1. The molecule has 2 heterocycles. The number of nitrogen functional groups attached to an aromatic ring is 1. The van der Waals surface area contributed by atoms with Gasteiger partial charge < -0.3 is 21.1 Å². The first kappa shape index (κ1) is 13.1. The summed E-state index contributed by atoms with van der Waals surface area (Å²) in [5, 5.41) is 0.756. The van der Waals surface area contributed by atoms with Gasteiger partial charge in [-0.2, -0.15) is 4.37 Å². The van der Waals surface area contributed by atoms with E-state index in [1.165, 1.54) is 11.5 Å². The fourth-order valence-corrected chi connectivity index (χ4v) is 2.97. The SMILES string of the molecule is CN(CC1CCOCC1)c1snc(N)c1C(N)=O. The van der Waals surface area contributed by atoms with E-state index >= 15 is 0 Å². The summed E-state index contributed by atoms with van der Waals surface area (Å²) in [5.74, 6) is 0.282. The van der Waals surface area contributed by atoms with Crippen LogP contribution in [0.1, 0.15) is 23.2 Å². The summed E-state index contributed by atoms with van der Waals surface area (Å²) in [5.41, 5.74) is 11.3. The third-order valence-electron chi connectivity index (χ3n) is 3.17. The third kappa shape index (κ3) is 2.73. The molecular weight excluding hydrogens is 252 g/mol. The number of anilines is 2. The van der Waals surface area contributed by atoms with Crippen LogP contribution < -0.4 is 16.4 Å². The molecule has 0 radical (unpaired) electrons. The number of primary amides is 1. The first-order valence-corrected chi connectivity index (χ1v) is 6.70. The highest BCUT2D eigenvalue weighted by Crippen LogP contribution is 2.30. The number of nitrogens with two attached hydrogens (primary N) is 2. The van der Waals surface area contributed by atoms with Gasteiger partial charge in [0.1, 0.15) is 10.6 Å². The van der Waals surface area contributed by atoms with E-state index in [1.807, 2.05) is 11.9 Å². The number of carbonyl (C=O) groups excluding carboxylic acids is 1. The van der Waals surface area contributed by atoms with Crippen LogP contribution in [-0.2, 0) is 4.74 Å². The van der Waals surface area contributed by atoms with Crippen LogP contribution in [0.2, 0.25) is 0 Å². The number of amides is 1. The number of hydrogen-bond acceptors (Lipinski definition) is 6. The van der Waals surface area contributed by atoms with Crippen molar-refractivity contribution in [2.45, 2.75) is 12.8 Å². The molecule has 1 aromatic rings. The lowest BCUT2D eigenvalue weighted by Crippen LogP contribution is -2.30. The minimum Gasteiger partial charge on any atom is -0.382 e. The second kappa shape index (κ2) is 5.53. The molecule has 1 amide bonds. The third-order valence-corrected chi connectivity index (χ3v) is 4.14. The minimum atomic E-state index is -0.518. The molecule has 1 aromatic heterocycles. The van der Waals surface area contributed by atoms with Gasteiger partial charge in [0.2, 0.25) is 0 Å².